The van der Waals surface area contributed by atoms with Crippen LogP contribution in [0.2, 0.25) is 0 Å². The fourth-order valence-corrected chi connectivity index (χ4v) is 1.97. The molecule has 0 radical (unpaired) electrons. The molecular weight excluding hydrogens is 252 g/mol. The van der Waals surface area contributed by atoms with Crippen molar-refractivity contribution in [1.82, 2.24) is 0 Å². The third-order valence-corrected chi connectivity index (χ3v) is 3.61. The lowest BCUT2D eigenvalue weighted by Crippen LogP contribution is -2.42. The van der Waals surface area contributed by atoms with Gasteiger partial charge in [0.25, 0.3) is 0 Å². The summed E-state index contributed by atoms with van der Waals surface area (Å²) in [6.45, 7) is 10.5. The first-order valence-electron chi connectivity index (χ1n) is 7.02. The lowest BCUT2D eigenvalue weighted by atomic mass is 9.85. The van der Waals surface area contributed by atoms with E-state index in [1.54, 1.807) is 17.0 Å². The summed E-state index contributed by atoms with van der Waals surface area (Å²) in [5.74, 6) is 0.153. The molecule has 0 aliphatic carbocycles. The fourth-order valence-electron chi connectivity index (χ4n) is 1.97. The van der Waals surface area contributed by atoms with Crippen LogP contribution in [-0.2, 0) is 4.79 Å². The highest BCUT2D eigenvalue weighted by molar-refractivity contribution is 5.94. The van der Waals surface area contributed by atoms with Gasteiger partial charge in [-0.25, -0.2) is 0 Å². The van der Waals surface area contributed by atoms with E-state index >= 15 is 0 Å². The van der Waals surface area contributed by atoms with Crippen molar-refractivity contribution in [3.63, 3.8) is 0 Å². The van der Waals surface area contributed by atoms with Crippen LogP contribution in [-0.4, -0.2) is 23.6 Å². The van der Waals surface area contributed by atoms with Crippen molar-refractivity contribution in [2.24, 2.45) is 11.1 Å². The summed E-state index contributed by atoms with van der Waals surface area (Å²) >= 11 is 0. The summed E-state index contributed by atoms with van der Waals surface area (Å²) < 4.78 is 0. The molecule has 0 aliphatic rings. The van der Waals surface area contributed by atoms with E-state index < -0.39 is 0 Å². The first-order valence-corrected chi connectivity index (χ1v) is 7.02. The summed E-state index contributed by atoms with van der Waals surface area (Å²) in [6, 6.07) is 4.86. The van der Waals surface area contributed by atoms with E-state index in [0.29, 0.717) is 13.0 Å². The predicted molar refractivity (Wildman–Crippen MR) is 82.9 cm³/mol. The normalized spacial score (nSPS) is 13.1. The zero-order valence-electron chi connectivity index (χ0n) is 13.1. The first-order chi connectivity index (χ1) is 9.16. The van der Waals surface area contributed by atoms with Gasteiger partial charge in [-0.1, -0.05) is 26.8 Å². The molecule has 112 valence electrons. The van der Waals surface area contributed by atoms with Crippen LogP contribution in [0.3, 0.4) is 0 Å². The van der Waals surface area contributed by atoms with Gasteiger partial charge >= 0.3 is 0 Å². The molecule has 1 amide bonds. The highest BCUT2D eigenvalue weighted by atomic mass is 16.3. The SMILES string of the molecule is CCN(C(=O)CC(N)C(C)(C)C)c1cc(O)ccc1C. The average molecular weight is 278 g/mol. The van der Waals surface area contributed by atoms with E-state index in [9.17, 15) is 9.90 Å². The number of benzene rings is 1. The van der Waals surface area contributed by atoms with Crippen LogP contribution in [0, 0.1) is 12.3 Å². The van der Waals surface area contributed by atoms with Crippen molar-refractivity contribution < 1.29 is 9.90 Å². The Balaban J connectivity index is 2.96. The maximum atomic E-state index is 12.5. The van der Waals surface area contributed by atoms with E-state index in [4.69, 9.17) is 5.73 Å². The number of nitrogens with two attached hydrogens (primary N) is 1. The number of nitrogens with zero attached hydrogens (tertiary/aromatic N) is 1. The molecule has 4 nitrogen and oxygen atoms in total. The zero-order chi connectivity index (χ0) is 15.5. The minimum atomic E-state index is -0.193. The van der Waals surface area contributed by atoms with Gasteiger partial charge in [0.2, 0.25) is 5.91 Å². The third-order valence-electron chi connectivity index (χ3n) is 3.61. The Morgan fingerprint density at radius 1 is 1.40 bits per heavy atom. The van der Waals surface area contributed by atoms with Crippen LogP contribution in [0.4, 0.5) is 5.69 Å². The first kappa shape index (κ1) is 16.5. The topological polar surface area (TPSA) is 66.6 Å². The standard InChI is InChI=1S/C16H26N2O2/c1-6-18(13-9-12(19)8-7-11(13)2)15(20)10-14(17)16(3,4)5/h7-9,14,19H,6,10,17H2,1-5H3. The van der Waals surface area contributed by atoms with E-state index in [1.165, 1.54) is 0 Å². The maximum Gasteiger partial charge on any atom is 0.228 e. The second-order valence-electron chi connectivity index (χ2n) is 6.29. The molecule has 4 heteroatoms. The van der Waals surface area contributed by atoms with E-state index in [0.717, 1.165) is 11.3 Å². The van der Waals surface area contributed by atoms with Gasteiger partial charge in [0.15, 0.2) is 0 Å². The second-order valence-corrected chi connectivity index (χ2v) is 6.29. The molecule has 1 aromatic rings. The predicted octanol–water partition coefficient (Wildman–Crippen LogP) is 2.82. The highest BCUT2D eigenvalue weighted by Gasteiger charge is 2.26. The molecule has 3 N–H and O–H groups in total. The molecule has 0 spiro atoms. The number of anilines is 1. The van der Waals surface area contributed by atoms with E-state index in [-0.39, 0.29) is 23.1 Å². The van der Waals surface area contributed by atoms with Gasteiger partial charge in [-0.3, -0.25) is 4.79 Å². The number of aryl methyl sites for hydroxylation is 1. The molecule has 0 bridgehead atoms. The van der Waals surface area contributed by atoms with Crippen molar-refractivity contribution in [2.45, 2.75) is 47.1 Å². The molecule has 1 rings (SSSR count). The van der Waals surface area contributed by atoms with Gasteiger partial charge in [-0.2, -0.15) is 0 Å². The van der Waals surface area contributed by atoms with Gasteiger partial charge in [0.05, 0.1) is 5.69 Å². The van der Waals surface area contributed by atoms with Gasteiger partial charge in [0.1, 0.15) is 5.75 Å². The molecule has 0 aliphatic heterocycles. The molecule has 20 heavy (non-hydrogen) atoms. The van der Waals surface area contributed by atoms with Crippen molar-refractivity contribution in [1.29, 1.82) is 0 Å². The van der Waals surface area contributed by atoms with Gasteiger partial charge in [-0.15, -0.1) is 0 Å². The Hall–Kier alpha value is -1.55. The van der Waals surface area contributed by atoms with Crippen LogP contribution >= 0.6 is 0 Å². The van der Waals surface area contributed by atoms with Crippen molar-refractivity contribution >= 4 is 11.6 Å². The summed E-state index contributed by atoms with van der Waals surface area (Å²) in [4.78, 5) is 14.1. The molecule has 0 fully saturated rings. The molecule has 1 atom stereocenters. The second kappa shape index (κ2) is 6.27. The van der Waals surface area contributed by atoms with Gasteiger partial charge < -0.3 is 15.7 Å². The monoisotopic (exact) mass is 278 g/mol. The Morgan fingerprint density at radius 2 is 2.00 bits per heavy atom. The number of carbonyl (C=O) groups excluding carboxylic acids is 1. The van der Waals surface area contributed by atoms with Crippen LogP contribution in [0.1, 0.15) is 39.7 Å². The number of phenolic OH excluding ortho intramolecular Hbond substituents is 1. The number of rotatable bonds is 4. The lowest BCUT2D eigenvalue weighted by Gasteiger charge is -2.30. The van der Waals surface area contributed by atoms with Crippen LogP contribution in [0.15, 0.2) is 18.2 Å². The van der Waals surface area contributed by atoms with Gasteiger partial charge in [-0.05, 0) is 30.9 Å². The molecular formula is C16H26N2O2. The summed E-state index contributed by atoms with van der Waals surface area (Å²) in [5, 5.41) is 9.61. The molecule has 0 saturated heterocycles. The zero-order valence-corrected chi connectivity index (χ0v) is 13.1. The largest absolute Gasteiger partial charge is 0.508 e. The minimum absolute atomic E-state index is 0.0105. The van der Waals surface area contributed by atoms with E-state index in [1.807, 2.05) is 40.7 Å². The van der Waals surface area contributed by atoms with Crippen molar-refractivity contribution in [3.05, 3.63) is 23.8 Å². The van der Waals surface area contributed by atoms with Crippen LogP contribution in [0.5, 0.6) is 5.75 Å². The number of phenols is 1. The molecule has 0 saturated carbocycles. The van der Waals surface area contributed by atoms with E-state index in [2.05, 4.69) is 0 Å². The number of hydrogen-bond acceptors (Lipinski definition) is 3. The Labute approximate surface area is 121 Å². The van der Waals surface area contributed by atoms with Crippen LogP contribution < -0.4 is 10.6 Å². The average Bonchev–Trinajstić information content (AvgIpc) is 2.33. The summed E-state index contributed by atoms with van der Waals surface area (Å²) in [5.41, 5.74) is 7.69. The third kappa shape index (κ3) is 3.97. The maximum absolute atomic E-state index is 12.5. The summed E-state index contributed by atoms with van der Waals surface area (Å²) in [6.07, 6.45) is 0.298. The Bertz CT molecular complexity index is 478. The number of aromatic hydroxyl groups is 1. The van der Waals surface area contributed by atoms with Crippen molar-refractivity contribution in [2.75, 3.05) is 11.4 Å². The number of amides is 1. The highest BCUT2D eigenvalue weighted by Crippen LogP contribution is 2.27. The Morgan fingerprint density at radius 3 is 2.50 bits per heavy atom. The summed E-state index contributed by atoms with van der Waals surface area (Å²) in [7, 11) is 0. The smallest absolute Gasteiger partial charge is 0.228 e. The molecule has 0 heterocycles. The Kier molecular flexibility index (Phi) is 5.17. The number of hydrogen-bond donors (Lipinski definition) is 2. The molecule has 1 aromatic carbocycles. The quantitative estimate of drug-likeness (QED) is 0.890. The van der Waals surface area contributed by atoms with Crippen LogP contribution in [0.25, 0.3) is 0 Å². The van der Waals surface area contributed by atoms with Crippen molar-refractivity contribution in [3.8, 4) is 5.75 Å². The fraction of sp³-hybridized carbons (Fsp3) is 0.562. The number of carbonyl (C=O) groups is 1. The molecule has 1 unspecified atom stereocenters. The lowest BCUT2D eigenvalue weighted by molar-refractivity contribution is -0.119. The van der Waals surface area contributed by atoms with Gasteiger partial charge in [0, 0.05) is 25.1 Å². The minimum Gasteiger partial charge on any atom is -0.508 e. The molecule has 0 aromatic heterocycles.